The standard InChI is InChI=1S/C22H23NO3S/c1-4-6-20(17-7-5-8-18(15-17)25-3)21(23-13-14-26-22(23)24)27-19-11-9-16(2)10-12-19/h4-5,7-12,15H,1,6,13-14H2,2-3H3/b21-20+. The Morgan fingerprint density at radius 3 is 2.70 bits per heavy atom. The van der Waals surface area contributed by atoms with Crippen molar-refractivity contribution in [3.63, 3.8) is 0 Å². The van der Waals surface area contributed by atoms with Crippen LogP contribution in [0.4, 0.5) is 4.79 Å². The first-order chi connectivity index (χ1) is 13.1. The molecule has 0 aliphatic carbocycles. The van der Waals surface area contributed by atoms with Gasteiger partial charge in [-0.25, -0.2) is 4.79 Å². The summed E-state index contributed by atoms with van der Waals surface area (Å²) < 4.78 is 10.6. The van der Waals surface area contributed by atoms with Gasteiger partial charge in [0.15, 0.2) is 0 Å². The van der Waals surface area contributed by atoms with Gasteiger partial charge < -0.3 is 9.47 Å². The fraction of sp³-hybridized carbons (Fsp3) is 0.227. The molecule has 4 nitrogen and oxygen atoms in total. The van der Waals surface area contributed by atoms with E-state index in [1.54, 1.807) is 23.8 Å². The molecule has 0 unspecified atom stereocenters. The predicted octanol–water partition coefficient (Wildman–Crippen LogP) is 5.49. The van der Waals surface area contributed by atoms with Crippen molar-refractivity contribution in [2.45, 2.75) is 18.2 Å². The Kier molecular flexibility index (Phi) is 6.24. The van der Waals surface area contributed by atoms with E-state index < -0.39 is 0 Å². The lowest BCUT2D eigenvalue weighted by atomic mass is 10.0. The number of carbonyl (C=O) groups excluding carboxylic acids is 1. The van der Waals surface area contributed by atoms with Crippen LogP contribution in [0.15, 0.2) is 71.1 Å². The minimum absolute atomic E-state index is 0.311. The summed E-state index contributed by atoms with van der Waals surface area (Å²) in [5.41, 5.74) is 3.22. The summed E-state index contributed by atoms with van der Waals surface area (Å²) in [5, 5.41) is 0.870. The van der Waals surface area contributed by atoms with Gasteiger partial charge in [0, 0.05) is 4.90 Å². The highest BCUT2D eigenvalue weighted by Gasteiger charge is 2.29. The van der Waals surface area contributed by atoms with E-state index in [9.17, 15) is 4.79 Å². The van der Waals surface area contributed by atoms with Crippen LogP contribution in [0.25, 0.3) is 5.57 Å². The maximum atomic E-state index is 12.3. The number of ether oxygens (including phenoxy) is 2. The summed E-state index contributed by atoms with van der Waals surface area (Å²) in [7, 11) is 1.65. The number of thioether (sulfide) groups is 1. The Morgan fingerprint density at radius 1 is 1.30 bits per heavy atom. The largest absolute Gasteiger partial charge is 0.497 e. The fourth-order valence-corrected chi connectivity index (χ4v) is 3.96. The Labute approximate surface area is 164 Å². The number of methoxy groups -OCH3 is 1. The van der Waals surface area contributed by atoms with Gasteiger partial charge in [0.1, 0.15) is 12.4 Å². The van der Waals surface area contributed by atoms with Gasteiger partial charge in [-0.05, 0) is 48.7 Å². The topological polar surface area (TPSA) is 38.8 Å². The highest BCUT2D eigenvalue weighted by molar-refractivity contribution is 8.03. The van der Waals surface area contributed by atoms with Gasteiger partial charge in [0.05, 0.1) is 18.7 Å². The smallest absolute Gasteiger partial charge is 0.414 e. The van der Waals surface area contributed by atoms with Crippen LogP contribution >= 0.6 is 11.8 Å². The maximum Gasteiger partial charge on any atom is 0.414 e. The van der Waals surface area contributed by atoms with Crippen molar-refractivity contribution in [1.82, 2.24) is 4.90 Å². The molecular formula is C22H23NO3S. The zero-order valence-electron chi connectivity index (χ0n) is 15.6. The number of amides is 1. The van der Waals surface area contributed by atoms with Crippen LogP contribution in [0, 0.1) is 6.92 Å². The molecule has 0 atom stereocenters. The van der Waals surface area contributed by atoms with E-state index in [0.717, 1.165) is 26.8 Å². The molecule has 0 bridgehead atoms. The molecule has 3 rings (SSSR count). The zero-order valence-corrected chi connectivity index (χ0v) is 16.4. The molecule has 1 aliphatic rings. The van der Waals surface area contributed by atoms with Crippen LogP contribution in [0.3, 0.4) is 0 Å². The molecule has 5 heteroatoms. The van der Waals surface area contributed by atoms with Gasteiger partial charge in [-0.2, -0.15) is 0 Å². The van der Waals surface area contributed by atoms with Crippen LogP contribution in [-0.4, -0.2) is 31.3 Å². The number of rotatable bonds is 7. The Balaban J connectivity index is 2.11. The van der Waals surface area contributed by atoms with Gasteiger partial charge in [-0.3, -0.25) is 4.90 Å². The molecule has 0 spiro atoms. The van der Waals surface area contributed by atoms with Crippen LogP contribution in [0.5, 0.6) is 5.75 Å². The van der Waals surface area contributed by atoms with E-state index >= 15 is 0 Å². The summed E-state index contributed by atoms with van der Waals surface area (Å²) in [6.45, 7) is 6.90. The van der Waals surface area contributed by atoms with E-state index in [1.807, 2.05) is 30.3 Å². The quantitative estimate of drug-likeness (QED) is 0.469. The van der Waals surface area contributed by atoms with Crippen LogP contribution in [0.1, 0.15) is 17.5 Å². The molecule has 0 radical (unpaired) electrons. The van der Waals surface area contributed by atoms with Crippen LogP contribution in [-0.2, 0) is 4.74 Å². The van der Waals surface area contributed by atoms with E-state index in [-0.39, 0.29) is 6.09 Å². The third-order valence-electron chi connectivity index (χ3n) is 4.27. The molecule has 1 amide bonds. The van der Waals surface area contributed by atoms with Gasteiger partial charge >= 0.3 is 6.09 Å². The summed E-state index contributed by atoms with van der Waals surface area (Å²) in [6, 6.07) is 16.1. The number of carbonyl (C=O) groups is 1. The van der Waals surface area contributed by atoms with Crippen LogP contribution in [0.2, 0.25) is 0 Å². The van der Waals surface area contributed by atoms with Crippen molar-refractivity contribution in [1.29, 1.82) is 0 Å². The average Bonchev–Trinajstić information content (AvgIpc) is 3.12. The Morgan fingerprint density at radius 2 is 2.07 bits per heavy atom. The number of hydrogen-bond acceptors (Lipinski definition) is 4. The second-order valence-electron chi connectivity index (χ2n) is 6.19. The second kappa shape index (κ2) is 8.82. The third-order valence-corrected chi connectivity index (χ3v) is 5.43. The molecule has 140 valence electrons. The number of allylic oxidation sites excluding steroid dienone is 2. The van der Waals surface area contributed by atoms with Gasteiger partial charge in [0.2, 0.25) is 0 Å². The summed E-state index contributed by atoms with van der Waals surface area (Å²) >= 11 is 1.57. The normalized spacial score (nSPS) is 14.6. The third kappa shape index (κ3) is 4.55. The fourth-order valence-electron chi connectivity index (χ4n) is 2.86. The number of aryl methyl sites for hydroxylation is 1. The number of nitrogens with zero attached hydrogens (tertiary/aromatic N) is 1. The molecule has 1 aliphatic heterocycles. The Hall–Kier alpha value is -2.66. The van der Waals surface area contributed by atoms with E-state index in [2.05, 4.69) is 37.8 Å². The number of hydrogen-bond donors (Lipinski definition) is 0. The van der Waals surface area contributed by atoms with Gasteiger partial charge in [0.25, 0.3) is 0 Å². The molecule has 0 saturated carbocycles. The summed E-state index contributed by atoms with van der Waals surface area (Å²) in [4.78, 5) is 15.1. The predicted molar refractivity (Wildman–Crippen MR) is 110 cm³/mol. The number of cyclic esters (lactones) is 1. The minimum atomic E-state index is -0.311. The molecule has 2 aromatic rings. The highest BCUT2D eigenvalue weighted by Crippen LogP contribution is 2.39. The summed E-state index contributed by atoms with van der Waals surface area (Å²) in [5.74, 6) is 0.776. The first-order valence-electron chi connectivity index (χ1n) is 8.79. The number of benzene rings is 2. The van der Waals surface area contributed by atoms with Crippen molar-refractivity contribution < 1.29 is 14.3 Å². The minimum Gasteiger partial charge on any atom is -0.497 e. The summed E-state index contributed by atoms with van der Waals surface area (Å²) in [6.07, 6.45) is 2.17. The molecule has 1 fully saturated rings. The lowest BCUT2D eigenvalue weighted by molar-refractivity contribution is 0.165. The molecule has 0 N–H and O–H groups in total. The van der Waals surface area contributed by atoms with Crippen molar-refractivity contribution in [2.24, 2.45) is 0 Å². The van der Waals surface area contributed by atoms with Gasteiger partial charge in [-0.1, -0.05) is 47.7 Å². The van der Waals surface area contributed by atoms with Crippen LogP contribution < -0.4 is 4.74 Å². The highest BCUT2D eigenvalue weighted by atomic mass is 32.2. The first-order valence-corrected chi connectivity index (χ1v) is 9.61. The maximum absolute atomic E-state index is 12.3. The lowest BCUT2D eigenvalue weighted by Gasteiger charge is -2.22. The second-order valence-corrected chi connectivity index (χ2v) is 7.25. The molecule has 0 aromatic heterocycles. The SMILES string of the molecule is C=CC/C(=C(\Sc1ccc(C)cc1)N1CCOC1=O)c1cccc(OC)c1. The van der Waals surface area contributed by atoms with Gasteiger partial charge in [-0.15, -0.1) is 6.58 Å². The van der Waals surface area contributed by atoms with E-state index in [4.69, 9.17) is 9.47 Å². The molecule has 2 aromatic carbocycles. The Bertz CT molecular complexity index is 858. The molecule has 27 heavy (non-hydrogen) atoms. The molecule has 1 heterocycles. The van der Waals surface area contributed by atoms with Crippen molar-refractivity contribution in [3.8, 4) is 5.75 Å². The van der Waals surface area contributed by atoms with Crippen molar-refractivity contribution in [3.05, 3.63) is 77.3 Å². The first kappa shape index (κ1) is 19.1. The zero-order chi connectivity index (χ0) is 19.2. The monoisotopic (exact) mass is 381 g/mol. The van der Waals surface area contributed by atoms with Crippen molar-refractivity contribution >= 4 is 23.4 Å². The van der Waals surface area contributed by atoms with E-state index in [0.29, 0.717) is 19.6 Å². The van der Waals surface area contributed by atoms with E-state index in [1.165, 1.54) is 5.56 Å². The molecule has 1 saturated heterocycles. The van der Waals surface area contributed by atoms with Crippen molar-refractivity contribution in [2.75, 3.05) is 20.3 Å². The lowest BCUT2D eigenvalue weighted by Crippen LogP contribution is -2.23. The molecular weight excluding hydrogens is 358 g/mol. The average molecular weight is 381 g/mol.